The van der Waals surface area contributed by atoms with Gasteiger partial charge >= 0.3 is 0 Å². The third kappa shape index (κ3) is 2.22. The van der Waals surface area contributed by atoms with E-state index >= 15 is 0 Å². The molecule has 16 heavy (non-hydrogen) atoms. The average Bonchev–Trinajstić information content (AvgIpc) is 2.68. The molecule has 1 heterocycles. The van der Waals surface area contributed by atoms with Crippen LogP contribution in [0.25, 0.3) is 0 Å². The average molecular weight is 230 g/mol. The van der Waals surface area contributed by atoms with Crippen molar-refractivity contribution in [1.29, 1.82) is 0 Å². The van der Waals surface area contributed by atoms with Gasteiger partial charge in [-0.3, -0.25) is 4.79 Å². The Kier molecular flexibility index (Phi) is 3.20. The molecule has 0 bridgehead atoms. The lowest BCUT2D eigenvalue weighted by Crippen LogP contribution is -2.04. The fourth-order valence-electron chi connectivity index (χ4n) is 1.75. The Bertz CT molecular complexity index is 511. The SMILES string of the molecule is Cc1ccccc1CC(=O)c1ccsc1C. The van der Waals surface area contributed by atoms with Gasteiger partial charge in [-0.05, 0) is 36.4 Å². The molecule has 82 valence electrons. The molecule has 1 aromatic heterocycles. The molecule has 1 nitrogen and oxygen atoms in total. The van der Waals surface area contributed by atoms with E-state index in [1.54, 1.807) is 11.3 Å². The summed E-state index contributed by atoms with van der Waals surface area (Å²) in [5.41, 5.74) is 3.18. The zero-order chi connectivity index (χ0) is 11.5. The van der Waals surface area contributed by atoms with Crippen molar-refractivity contribution in [3.8, 4) is 0 Å². The Balaban J connectivity index is 2.21. The topological polar surface area (TPSA) is 17.1 Å². The van der Waals surface area contributed by atoms with Crippen molar-refractivity contribution < 1.29 is 4.79 Å². The molecule has 1 aromatic carbocycles. The van der Waals surface area contributed by atoms with Crippen LogP contribution in [0.5, 0.6) is 0 Å². The molecule has 2 aromatic rings. The quantitative estimate of drug-likeness (QED) is 0.733. The second-order valence-corrected chi connectivity index (χ2v) is 5.04. The predicted octanol–water partition coefficient (Wildman–Crippen LogP) is 3.79. The first kappa shape index (κ1) is 11.1. The van der Waals surface area contributed by atoms with E-state index in [0.717, 1.165) is 16.0 Å². The first-order chi connectivity index (χ1) is 7.68. The van der Waals surface area contributed by atoms with Crippen molar-refractivity contribution in [2.24, 2.45) is 0 Å². The Labute approximate surface area is 99.8 Å². The highest BCUT2D eigenvalue weighted by Crippen LogP contribution is 2.18. The van der Waals surface area contributed by atoms with Crippen molar-refractivity contribution in [3.63, 3.8) is 0 Å². The lowest BCUT2D eigenvalue weighted by Gasteiger charge is -2.04. The van der Waals surface area contributed by atoms with Crippen LogP contribution in [-0.2, 0) is 6.42 Å². The number of thiophene rings is 1. The minimum atomic E-state index is 0.216. The zero-order valence-electron chi connectivity index (χ0n) is 9.49. The summed E-state index contributed by atoms with van der Waals surface area (Å²) in [5, 5.41) is 1.97. The van der Waals surface area contributed by atoms with Crippen LogP contribution in [0.2, 0.25) is 0 Å². The van der Waals surface area contributed by atoms with Crippen molar-refractivity contribution in [3.05, 3.63) is 57.3 Å². The van der Waals surface area contributed by atoms with E-state index in [0.29, 0.717) is 6.42 Å². The molecule has 0 N–H and O–H groups in total. The summed E-state index contributed by atoms with van der Waals surface area (Å²) in [5.74, 6) is 0.216. The van der Waals surface area contributed by atoms with Crippen molar-refractivity contribution in [2.45, 2.75) is 20.3 Å². The van der Waals surface area contributed by atoms with E-state index in [4.69, 9.17) is 0 Å². The molecule has 0 unspecified atom stereocenters. The summed E-state index contributed by atoms with van der Waals surface area (Å²) in [6, 6.07) is 9.97. The molecule has 0 saturated heterocycles. The molecule has 0 atom stereocenters. The number of aryl methyl sites for hydroxylation is 2. The van der Waals surface area contributed by atoms with Crippen molar-refractivity contribution >= 4 is 17.1 Å². The molecular formula is C14H14OS. The third-order valence-electron chi connectivity index (χ3n) is 2.77. The van der Waals surface area contributed by atoms with Gasteiger partial charge in [-0.15, -0.1) is 11.3 Å². The Hall–Kier alpha value is -1.41. The summed E-state index contributed by atoms with van der Waals surface area (Å²) >= 11 is 1.63. The molecule has 0 amide bonds. The molecule has 0 saturated carbocycles. The van der Waals surface area contributed by atoms with Gasteiger partial charge in [0.25, 0.3) is 0 Å². The normalized spacial score (nSPS) is 10.4. The highest BCUT2D eigenvalue weighted by atomic mass is 32.1. The molecule has 0 radical (unpaired) electrons. The van der Waals surface area contributed by atoms with E-state index in [-0.39, 0.29) is 5.78 Å². The minimum Gasteiger partial charge on any atom is -0.294 e. The van der Waals surface area contributed by atoms with Crippen LogP contribution in [-0.4, -0.2) is 5.78 Å². The molecule has 0 aliphatic heterocycles. The second kappa shape index (κ2) is 4.62. The fourth-order valence-corrected chi connectivity index (χ4v) is 2.47. The van der Waals surface area contributed by atoms with E-state index in [2.05, 4.69) is 0 Å². The number of carbonyl (C=O) groups excluding carboxylic acids is 1. The van der Waals surface area contributed by atoms with Crippen LogP contribution in [0, 0.1) is 13.8 Å². The standard InChI is InChI=1S/C14H14OS/c1-10-5-3-4-6-12(10)9-14(15)13-7-8-16-11(13)2/h3-8H,9H2,1-2H3. The van der Waals surface area contributed by atoms with Gasteiger partial charge < -0.3 is 0 Å². The van der Waals surface area contributed by atoms with Crippen LogP contribution >= 0.6 is 11.3 Å². The number of Topliss-reactive ketones (excluding diaryl/α,β-unsaturated/α-hetero) is 1. The summed E-state index contributed by atoms with van der Waals surface area (Å²) in [7, 11) is 0. The van der Waals surface area contributed by atoms with Gasteiger partial charge in [0.1, 0.15) is 0 Å². The van der Waals surface area contributed by atoms with E-state index in [1.165, 1.54) is 5.56 Å². The van der Waals surface area contributed by atoms with Crippen LogP contribution in [0.1, 0.15) is 26.4 Å². The molecular weight excluding hydrogens is 216 g/mol. The van der Waals surface area contributed by atoms with Gasteiger partial charge in [0.2, 0.25) is 0 Å². The number of ketones is 1. The van der Waals surface area contributed by atoms with Crippen LogP contribution in [0.3, 0.4) is 0 Å². The van der Waals surface area contributed by atoms with Crippen molar-refractivity contribution in [1.82, 2.24) is 0 Å². The fraction of sp³-hybridized carbons (Fsp3) is 0.214. The molecule has 0 spiro atoms. The highest BCUT2D eigenvalue weighted by Gasteiger charge is 2.11. The Morgan fingerprint density at radius 1 is 1.19 bits per heavy atom. The predicted molar refractivity (Wildman–Crippen MR) is 68.3 cm³/mol. The lowest BCUT2D eigenvalue weighted by atomic mass is 10.0. The van der Waals surface area contributed by atoms with E-state index in [1.807, 2.05) is 49.6 Å². The first-order valence-electron chi connectivity index (χ1n) is 5.30. The smallest absolute Gasteiger partial charge is 0.168 e. The van der Waals surface area contributed by atoms with Gasteiger partial charge in [0.15, 0.2) is 5.78 Å². The molecule has 0 aliphatic carbocycles. The highest BCUT2D eigenvalue weighted by molar-refractivity contribution is 7.10. The van der Waals surface area contributed by atoms with Crippen LogP contribution in [0.15, 0.2) is 35.7 Å². The summed E-state index contributed by atoms with van der Waals surface area (Å²) in [6.07, 6.45) is 0.504. The lowest BCUT2D eigenvalue weighted by molar-refractivity contribution is 0.0992. The number of benzene rings is 1. The number of hydrogen-bond donors (Lipinski definition) is 0. The second-order valence-electron chi connectivity index (χ2n) is 3.92. The maximum atomic E-state index is 12.1. The van der Waals surface area contributed by atoms with E-state index < -0.39 is 0 Å². The zero-order valence-corrected chi connectivity index (χ0v) is 10.3. The Morgan fingerprint density at radius 2 is 1.94 bits per heavy atom. The molecule has 2 heteroatoms. The largest absolute Gasteiger partial charge is 0.294 e. The number of carbonyl (C=O) groups is 1. The summed E-state index contributed by atoms with van der Waals surface area (Å²) in [4.78, 5) is 13.2. The Morgan fingerprint density at radius 3 is 2.56 bits per heavy atom. The molecule has 0 fully saturated rings. The van der Waals surface area contributed by atoms with Crippen LogP contribution in [0.4, 0.5) is 0 Å². The molecule has 2 rings (SSSR count). The molecule has 0 aliphatic rings. The van der Waals surface area contributed by atoms with Gasteiger partial charge in [-0.1, -0.05) is 24.3 Å². The van der Waals surface area contributed by atoms with Gasteiger partial charge in [0.05, 0.1) is 0 Å². The summed E-state index contributed by atoms with van der Waals surface area (Å²) < 4.78 is 0. The first-order valence-corrected chi connectivity index (χ1v) is 6.18. The van der Waals surface area contributed by atoms with Gasteiger partial charge in [0, 0.05) is 16.9 Å². The third-order valence-corrected chi connectivity index (χ3v) is 3.62. The minimum absolute atomic E-state index is 0.216. The number of rotatable bonds is 3. The van der Waals surface area contributed by atoms with Crippen LogP contribution < -0.4 is 0 Å². The van der Waals surface area contributed by atoms with E-state index in [9.17, 15) is 4.79 Å². The summed E-state index contributed by atoms with van der Waals surface area (Å²) in [6.45, 7) is 4.04. The maximum absolute atomic E-state index is 12.1. The van der Waals surface area contributed by atoms with Gasteiger partial charge in [-0.2, -0.15) is 0 Å². The maximum Gasteiger partial charge on any atom is 0.168 e. The van der Waals surface area contributed by atoms with Gasteiger partial charge in [-0.25, -0.2) is 0 Å². The monoisotopic (exact) mass is 230 g/mol. The number of hydrogen-bond acceptors (Lipinski definition) is 2. The van der Waals surface area contributed by atoms with Crippen molar-refractivity contribution in [2.75, 3.05) is 0 Å².